The maximum Gasteiger partial charge on any atom is 0.414 e. The molecule has 1 amide bonds. The Labute approximate surface area is 127 Å². The van der Waals surface area contributed by atoms with E-state index in [1.165, 1.54) is 0 Å². The summed E-state index contributed by atoms with van der Waals surface area (Å²) < 4.78 is 5.36. The number of carbonyl (C=O) groups excluding carboxylic acids is 1. The largest absolute Gasteiger partial charge is 0.443 e. The van der Waals surface area contributed by atoms with Gasteiger partial charge in [0.2, 0.25) is 0 Å². The lowest BCUT2D eigenvalue weighted by Gasteiger charge is -2.27. The summed E-state index contributed by atoms with van der Waals surface area (Å²) in [6.45, 7) is 13.8. The molecule has 1 aromatic heterocycles. The number of anilines is 1. The summed E-state index contributed by atoms with van der Waals surface area (Å²) in [6.07, 6.45) is 1.21. The van der Waals surface area contributed by atoms with Crippen LogP contribution in [0.5, 0.6) is 0 Å². The van der Waals surface area contributed by atoms with Crippen molar-refractivity contribution in [1.82, 2.24) is 4.98 Å². The average molecular weight is 301 g/mol. The topological polar surface area (TPSA) is 42.4 Å². The lowest BCUT2D eigenvalue weighted by Crippen LogP contribution is -2.37. The number of ether oxygens (including phenoxy) is 1. The molecule has 1 rings (SSSR count). The summed E-state index contributed by atoms with van der Waals surface area (Å²) in [4.78, 5) is 17.6. The molecule has 0 N–H and O–H groups in total. The van der Waals surface area contributed by atoms with Gasteiger partial charge in [-0.15, -0.1) is 0 Å². The second kappa shape index (κ2) is 8.10. The number of aromatic nitrogens is 1. The van der Waals surface area contributed by atoms with Gasteiger partial charge in [-0.2, -0.15) is 0 Å². The highest BCUT2D eigenvalue weighted by Crippen LogP contribution is 2.23. The van der Waals surface area contributed by atoms with Crippen LogP contribution in [-0.4, -0.2) is 23.2 Å². The van der Waals surface area contributed by atoms with E-state index in [-0.39, 0.29) is 6.09 Å². The zero-order valence-electron chi connectivity index (χ0n) is 13.5. The Balaban J connectivity index is 0.00000172. The minimum Gasteiger partial charge on any atom is -0.443 e. The van der Waals surface area contributed by atoms with Crippen LogP contribution in [0.3, 0.4) is 0 Å². The summed E-state index contributed by atoms with van der Waals surface area (Å²) in [5.41, 5.74) is 1.09. The first-order chi connectivity index (χ1) is 9.24. The minimum absolute atomic E-state index is 0.378. The Kier molecular flexibility index (Phi) is 7.58. The highest BCUT2D eigenvalue weighted by molar-refractivity contribution is 6.29. The lowest BCUT2D eigenvalue weighted by atomic mass is 10.2. The predicted octanol–water partition coefficient (Wildman–Crippen LogP) is 4.83. The van der Waals surface area contributed by atoms with Gasteiger partial charge in [-0.1, -0.05) is 25.4 Å². The van der Waals surface area contributed by atoms with Gasteiger partial charge in [0.15, 0.2) is 0 Å². The Morgan fingerprint density at radius 2 is 1.95 bits per heavy atom. The van der Waals surface area contributed by atoms with E-state index in [9.17, 15) is 4.79 Å². The molecule has 0 radical (unpaired) electrons. The van der Waals surface area contributed by atoms with Crippen molar-refractivity contribution in [2.45, 2.75) is 54.1 Å². The maximum atomic E-state index is 12.1. The molecule has 1 heterocycles. The molecule has 0 aliphatic heterocycles. The van der Waals surface area contributed by atoms with E-state index in [4.69, 9.17) is 16.3 Å². The number of aryl methyl sites for hydroxylation is 1. The van der Waals surface area contributed by atoms with Crippen molar-refractivity contribution >= 4 is 23.4 Å². The lowest BCUT2D eigenvalue weighted by molar-refractivity contribution is 0.0582. The second-order valence-electron chi connectivity index (χ2n) is 5.02. The summed E-state index contributed by atoms with van der Waals surface area (Å²) in [6, 6.07) is 1.73. The minimum atomic E-state index is -0.516. The van der Waals surface area contributed by atoms with Crippen LogP contribution in [0, 0.1) is 6.92 Å². The highest BCUT2D eigenvalue weighted by Gasteiger charge is 2.23. The highest BCUT2D eigenvalue weighted by atomic mass is 35.5. The van der Waals surface area contributed by atoms with Crippen LogP contribution >= 0.6 is 11.6 Å². The summed E-state index contributed by atoms with van der Waals surface area (Å²) in [5, 5.41) is 0.413. The average Bonchev–Trinajstić information content (AvgIpc) is 2.33. The molecular weight excluding hydrogens is 276 g/mol. The molecule has 0 saturated carbocycles. The molecule has 0 aromatic carbocycles. The van der Waals surface area contributed by atoms with Gasteiger partial charge in [0.05, 0.1) is 11.9 Å². The molecule has 20 heavy (non-hydrogen) atoms. The number of nitrogens with zero attached hydrogens (tertiary/aromatic N) is 2. The van der Waals surface area contributed by atoms with Gasteiger partial charge in [0, 0.05) is 6.54 Å². The van der Waals surface area contributed by atoms with Gasteiger partial charge in [-0.3, -0.25) is 4.90 Å². The van der Waals surface area contributed by atoms with Crippen LogP contribution in [0.2, 0.25) is 5.15 Å². The normalized spacial score (nSPS) is 10.4. The van der Waals surface area contributed by atoms with E-state index in [0.717, 1.165) is 11.3 Å². The second-order valence-corrected chi connectivity index (χ2v) is 5.41. The maximum absolute atomic E-state index is 12.1. The van der Waals surface area contributed by atoms with Crippen LogP contribution < -0.4 is 4.90 Å². The summed E-state index contributed by atoms with van der Waals surface area (Å²) in [7, 11) is 0. The zero-order chi connectivity index (χ0) is 15.9. The first-order valence-electron chi connectivity index (χ1n) is 6.87. The van der Waals surface area contributed by atoms with Crippen LogP contribution in [0.25, 0.3) is 0 Å². The van der Waals surface area contributed by atoms with E-state index < -0.39 is 5.60 Å². The van der Waals surface area contributed by atoms with E-state index >= 15 is 0 Å². The third-order valence-corrected chi connectivity index (χ3v) is 2.48. The number of pyridine rings is 1. The van der Waals surface area contributed by atoms with Gasteiger partial charge in [0.1, 0.15) is 10.8 Å². The quantitative estimate of drug-likeness (QED) is 0.735. The predicted molar refractivity (Wildman–Crippen MR) is 84.6 cm³/mol. The number of amides is 1. The SMILES string of the molecule is CC.CCN(C(=O)OC(C)(C)C)c1cnc(Cl)cc1C. The Morgan fingerprint density at radius 3 is 2.35 bits per heavy atom. The van der Waals surface area contributed by atoms with Crippen LogP contribution in [0.1, 0.15) is 47.1 Å². The van der Waals surface area contributed by atoms with E-state index in [2.05, 4.69) is 4.98 Å². The fourth-order valence-corrected chi connectivity index (χ4v) is 1.72. The molecule has 0 aliphatic rings. The van der Waals surface area contributed by atoms with Gasteiger partial charge < -0.3 is 4.74 Å². The fraction of sp³-hybridized carbons (Fsp3) is 0.600. The van der Waals surface area contributed by atoms with Crippen molar-refractivity contribution in [3.05, 3.63) is 23.0 Å². The third-order valence-electron chi connectivity index (χ3n) is 2.27. The molecule has 0 atom stereocenters. The first kappa shape index (κ1) is 18.7. The number of halogens is 1. The van der Waals surface area contributed by atoms with Gasteiger partial charge in [-0.05, 0) is 46.2 Å². The molecule has 0 unspecified atom stereocenters. The number of hydrogen-bond donors (Lipinski definition) is 0. The zero-order valence-corrected chi connectivity index (χ0v) is 14.2. The number of rotatable bonds is 2. The van der Waals surface area contributed by atoms with Crippen molar-refractivity contribution in [2.24, 2.45) is 0 Å². The van der Waals surface area contributed by atoms with Crippen molar-refractivity contribution in [3.63, 3.8) is 0 Å². The Hall–Kier alpha value is -1.29. The molecule has 0 saturated heterocycles. The van der Waals surface area contributed by atoms with E-state index in [1.807, 2.05) is 48.5 Å². The number of carbonyl (C=O) groups is 1. The van der Waals surface area contributed by atoms with Crippen molar-refractivity contribution in [3.8, 4) is 0 Å². The van der Waals surface area contributed by atoms with Crippen molar-refractivity contribution < 1.29 is 9.53 Å². The molecule has 0 bridgehead atoms. The van der Waals surface area contributed by atoms with Gasteiger partial charge in [-0.25, -0.2) is 9.78 Å². The van der Waals surface area contributed by atoms with Crippen LogP contribution in [0.4, 0.5) is 10.5 Å². The monoisotopic (exact) mass is 300 g/mol. The molecule has 0 spiro atoms. The molecular formula is C15H25ClN2O2. The fourth-order valence-electron chi connectivity index (χ4n) is 1.51. The standard InChI is InChI=1S/C13H19ClN2O2.C2H6/c1-6-16(12(17)18-13(3,4)5)10-8-15-11(14)7-9(10)2;1-2/h7-8H,6H2,1-5H3;1-2H3. The molecule has 114 valence electrons. The van der Waals surface area contributed by atoms with Gasteiger partial charge in [0.25, 0.3) is 0 Å². The molecule has 0 fully saturated rings. The van der Waals surface area contributed by atoms with E-state index in [0.29, 0.717) is 11.7 Å². The van der Waals surface area contributed by atoms with Crippen molar-refractivity contribution in [1.29, 1.82) is 0 Å². The van der Waals surface area contributed by atoms with E-state index in [1.54, 1.807) is 17.2 Å². The first-order valence-corrected chi connectivity index (χ1v) is 7.25. The van der Waals surface area contributed by atoms with Gasteiger partial charge >= 0.3 is 6.09 Å². The molecule has 1 aromatic rings. The number of hydrogen-bond acceptors (Lipinski definition) is 3. The van der Waals surface area contributed by atoms with Crippen LogP contribution in [-0.2, 0) is 4.74 Å². The smallest absolute Gasteiger partial charge is 0.414 e. The third kappa shape index (κ3) is 5.78. The summed E-state index contributed by atoms with van der Waals surface area (Å²) in [5.74, 6) is 0. The molecule has 5 heteroatoms. The summed E-state index contributed by atoms with van der Waals surface area (Å²) >= 11 is 5.81. The Morgan fingerprint density at radius 1 is 1.40 bits per heavy atom. The van der Waals surface area contributed by atoms with Crippen LogP contribution in [0.15, 0.2) is 12.3 Å². The Bertz CT molecular complexity index is 442. The molecule has 0 aliphatic carbocycles. The van der Waals surface area contributed by atoms with Crippen molar-refractivity contribution in [2.75, 3.05) is 11.4 Å². The molecule has 4 nitrogen and oxygen atoms in total.